The molecule has 3 aromatic rings. The van der Waals surface area contributed by atoms with Crippen LogP contribution in [-0.4, -0.2) is 40.9 Å². The molecular weight excluding hydrogens is 428 g/mol. The maximum Gasteiger partial charge on any atom is 0.277 e. The van der Waals surface area contributed by atoms with E-state index in [9.17, 15) is 9.59 Å². The summed E-state index contributed by atoms with van der Waals surface area (Å²) in [5, 5.41) is 13.7. The Labute approximate surface area is 191 Å². The van der Waals surface area contributed by atoms with Crippen molar-refractivity contribution in [3.63, 3.8) is 0 Å². The molecule has 168 valence electrons. The van der Waals surface area contributed by atoms with Crippen LogP contribution in [0.3, 0.4) is 0 Å². The van der Waals surface area contributed by atoms with Crippen LogP contribution in [0.15, 0.2) is 46.0 Å². The van der Waals surface area contributed by atoms with Gasteiger partial charge >= 0.3 is 0 Å². The summed E-state index contributed by atoms with van der Waals surface area (Å²) in [6.45, 7) is 8.18. The molecule has 3 rings (SSSR count). The normalized spacial score (nSPS) is 10.6. The molecule has 0 bridgehead atoms. The zero-order chi connectivity index (χ0) is 23.1. The average molecular weight is 455 g/mol. The molecule has 0 aliphatic rings. The number of nitrogens with zero attached hydrogens (tertiary/aromatic N) is 2. The molecule has 1 aromatic heterocycles. The first-order valence-electron chi connectivity index (χ1n) is 10.2. The second kappa shape index (κ2) is 10.8. The highest BCUT2D eigenvalue weighted by molar-refractivity contribution is 7.99. The Kier molecular flexibility index (Phi) is 7.88. The Bertz CT molecular complexity index is 1090. The van der Waals surface area contributed by atoms with Crippen LogP contribution in [0.2, 0.25) is 0 Å². The van der Waals surface area contributed by atoms with E-state index in [1.54, 1.807) is 0 Å². The smallest absolute Gasteiger partial charge is 0.277 e. The van der Waals surface area contributed by atoms with E-state index in [0.717, 1.165) is 34.1 Å². The van der Waals surface area contributed by atoms with E-state index < -0.39 is 0 Å². The first-order valence-corrected chi connectivity index (χ1v) is 11.2. The van der Waals surface area contributed by atoms with Crippen molar-refractivity contribution in [2.75, 3.05) is 24.2 Å². The van der Waals surface area contributed by atoms with Gasteiger partial charge in [0.25, 0.3) is 11.1 Å². The standard InChI is InChI=1S/C23H26N4O4S/c1-5-30-18-9-7-6-8-17(18)22-26-27-23(31-22)32-13-20(29)24-12-19(28)25-21-15(3)10-14(2)11-16(21)4/h6-11H,5,12-13H2,1-4H3,(H,24,29)(H,25,28). The molecule has 2 aromatic carbocycles. The van der Waals surface area contributed by atoms with E-state index >= 15 is 0 Å². The van der Waals surface area contributed by atoms with Gasteiger partial charge in [0.05, 0.1) is 24.5 Å². The fourth-order valence-electron chi connectivity index (χ4n) is 3.22. The van der Waals surface area contributed by atoms with Gasteiger partial charge in [-0.05, 0) is 51.0 Å². The second-order valence-electron chi connectivity index (χ2n) is 7.19. The number of amides is 2. The number of ether oxygens (including phenoxy) is 1. The lowest BCUT2D eigenvalue weighted by Gasteiger charge is -2.13. The number of hydrogen-bond donors (Lipinski definition) is 2. The van der Waals surface area contributed by atoms with Crippen molar-refractivity contribution < 1.29 is 18.7 Å². The van der Waals surface area contributed by atoms with Crippen molar-refractivity contribution in [2.24, 2.45) is 0 Å². The quantitative estimate of drug-likeness (QED) is 0.472. The molecule has 2 amide bonds. The van der Waals surface area contributed by atoms with Crippen molar-refractivity contribution in [3.05, 3.63) is 53.1 Å². The minimum absolute atomic E-state index is 0.0462. The second-order valence-corrected chi connectivity index (χ2v) is 8.12. The third-order valence-corrected chi connectivity index (χ3v) is 5.36. The molecule has 9 heteroatoms. The van der Waals surface area contributed by atoms with Crippen LogP contribution in [0.25, 0.3) is 11.5 Å². The Morgan fingerprint density at radius 1 is 1.06 bits per heavy atom. The maximum absolute atomic E-state index is 12.2. The molecule has 0 spiro atoms. The largest absolute Gasteiger partial charge is 0.493 e. The number of aryl methyl sites for hydroxylation is 3. The summed E-state index contributed by atoms with van der Waals surface area (Å²) >= 11 is 1.10. The van der Waals surface area contributed by atoms with Gasteiger partial charge in [-0.3, -0.25) is 9.59 Å². The molecule has 8 nitrogen and oxygen atoms in total. The van der Waals surface area contributed by atoms with E-state index in [1.807, 2.05) is 64.1 Å². The molecule has 0 saturated carbocycles. The van der Waals surface area contributed by atoms with Crippen LogP contribution in [0, 0.1) is 20.8 Å². The highest BCUT2D eigenvalue weighted by Crippen LogP contribution is 2.30. The fraction of sp³-hybridized carbons (Fsp3) is 0.304. The molecule has 0 aliphatic carbocycles. The number of aromatic nitrogens is 2. The van der Waals surface area contributed by atoms with Crippen molar-refractivity contribution in [1.82, 2.24) is 15.5 Å². The number of carbonyl (C=O) groups is 2. The summed E-state index contributed by atoms with van der Waals surface area (Å²) in [5.74, 6) is 0.422. The number of anilines is 1. The summed E-state index contributed by atoms with van der Waals surface area (Å²) in [5.41, 5.74) is 4.56. The monoisotopic (exact) mass is 454 g/mol. The van der Waals surface area contributed by atoms with Crippen molar-refractivity contribution in [2.45, 2.75) is 32.9 Å². The zero-order valence-electron chi connectivity index (χ0n) is 18.5. The van der Waals surface area contributed by atoms with Crippen LogP contribution in [-0.2, 0) is 9.59 Å². The number of rotatable bonds is 9. The van der Waals surface area contributed by atoms with Gasteiger partial charge in [-0.2, -0.15) is 0 Å². The van der Waals surface area contributed by atoms with Gasteiger partial charge in [-0.1, -0.05) is 41.6 Å². The van der Waals surface area contributed by atoms with Gasteiger partial charge in [-0.15, -0.1) is 10.2 Å². The lowest BCUT2D eigenvalue weighted by atomic mass is 10.1. The summed E-state index contributed by atoms with van der Waals surface area (Å²) in [4.78, 5) is 24.4. The van der Waals surface area contributed by atoms with E-state index in [2.05, 4.69) is 20.8 Å². The lowest BCUT2D eigenvalue weighted by Crippen LogP contribution is -2.34. The van der Waals surface area contributed by atoms with E-state index in [1.165, 1.54) is 0 Å². The van der Waals surface area contributed by atoms with E-state index in [4.69, 9.17) is 9.15 Å². The van der Waals surface area contributed by atoms with Gasteiger partial charge in [0.15, 0.2) is 0 Å². The highest BCUT2D eigenvalue weighted by Gasteiger charge is 2.15. The van der Waals surface area contributed by atoms with Crippen molar-refractivity contribution in [3.8, 4) is 17.2 Å². The van der Waals surface area contributed by atoms with E-state index in [-0.39, 0.29) is 29.3 Å². The molecule has 0 fully saturated rings. The summed E-state index contributed by atoms with van der Waals surface area (Å²) < 4.78 is 11.2. The molecule has 0 radical (unpaired) electrons. The first-order chi connectivity index (χ1) is 15.4. The molecular formula is C23H26N4O4S. The summed E-state index contributed by atoms with van der Waals surface area (Å²) in [6.07, 6.45) is 0. The third-order valence-electron chi connectivity index (χ3n) is 4.54. The number of thioether (sulfide) groups is 1. The maximum atomic E-state index is 12.2. The van der Waals surface area contributed by atoms with E-state index in [0.29, 0.717) is 23.8 Å². The Morgan fingerprint density at radius 3 is 2.50 bits per heavy atom. The predicted molar refractivity (Wildman–Crippen MR) is 124 cm³/mol. The van der Waals surface area contributed by atoms with Gasteiger partial charge in [0, 0.05) is 5.69 Å². The number of carbonyl (C=O) groups excluding carboxylic acids is 2. The van der Waals surface area contributed by atoms with Crippen LogP contribution in [0.5, 0.6) is 5.75 Å². The SMILES string of the molecule is CCOc1ccccc1-c1nnc(SCC(=O)NCC(=O)Nc2c(C)cc(C)cc2C)o1. The number of nitrogens with one attached hydrogen (secondary N) is 2. The van der Waals surface area contributed by atoms with Gasteiger partial charge in [-0.25, -0.2) is 0 Å². The fourth-order valence-corrected chi connectivity index (χ4v) is 3.81. The minimum atomic E-state index is -0.308. The Balaban J connectivity index is 1.49. The first kappa shape index (κ1) is 23.3. The summed E-state index contributed by atoms with van der Waals surface area (Å²) in [6, 6.07) is 11.4. The molecule has 1 heterocycles. The zero-order valence-corrected chi connectivity index (χ0v) is 19.3. The third kappa shape index (κ3) is 6.10. The highest BCUT2D eigenvalue weighted by atomic mass is 32.2. The predicted octanol–water partition coefficient (Wildman–Crippen LogP) is 3.91. The van der Waals surface area contributed by atoms with Crippen LogP contribution in [0.1, 0.15) is 23.6 Å². The number of benzene rings is 2. The van der Waals surface area contributed by atoms with Crippen LogP contribution in [0.4, 0.5) is 5.69 Å². The molecule has 32 heavy (non-hydrogen) atoms. The molecule has 0 unspecified atom stereocenters. The Hall–Kier alpha value is -3.33. The molecule has 0 saturated heterocycles. The Morgan fingerprint density at radius 2 is 1.78 bits per heavy atom. The topological polar surface area (TPSA) is 106 Å². The minimum Gasteiger partial charge on any atom is -0.493 e. The van der Waals surface area contributed by atoms with Crippen molar-refractivity contribution in [1.29, 1.82) is 0 Å². The van der Waals surface area contributed by atoms with Crippen molar-refractivity contribution >= 4 is 29.3 Å². The van der Waals surface area contributed by atoms with Gasteiger partial charge in [0.2, 0.25) is 11.8 Å². The van der Waals surface area contributed by atoms with Crippen LogP contribution < -0.4 is 15.4 Å². The molecule has 0 aliphatic heterocycles. The summed E-state index contributed by atoms with van der Waals surface area (Å²) in [7, 11) is 0. The van der Waals surface area contributed by atoms with Gasteiger partial charge < -0.3 is 19.8 Å². The van der Waals surface area contributed by atoms with Gasteiger partial charge in [0.1, 0.15) is 5.75 Å². The molecule has 2 N–H and O–H groups in total. The lowest BCUT2D eigenvalue weighted by molar-refractivity contribution is -0.122. The average Bonchev–Trinajstić information content (AvgIpc) is 3.23. The molecule has 0 atom stereocenters. The number of hydrogen-bond acceptors (Lipinski definition) is 7. The number of para-hydroxylation sites is 1. The van der Waals surface area contributed by atoms with Crippen LogP contribution >= 0.6 is 11.8 Å².